The van der Waals surface area contributed by atoms with Gasteiger partial charge in [0.1, 0.15) is 0 Å². The Morgan fingerprint density at radius 1 is 1.15 bits per heavy atom. The number of aromatic nitrogens is 2. The van der Waals surface area contributed by atoms with Crippen molar-refractivity contribution in [3.63, 3.8) is 0 Å². The second-order valence-corrected chi connectivity index (χ2v) is 7.39. The third kappa shape index (κ3) is 3.24. The smallest absolute Gasteiger partial charge is 0.252 e. The van der Waals surface area contributed by atoms with E-state index in [1.807, 2.05) is 55.1 Å². The maximum Gasteiger partial charge on any atom is 0.252 e. The summed E-state index contributed by atoms with van der Waals surface area (Å²) in [7, 11) is 2.00. The van der Waals surface area contributed by atoms with Crippen LogP contribution in [0.15, 0.2) is 42.6 Å². The quantitative estimate of drug-likeness (QED) is 0.752. The van der Waals surface area contributed by atoms with Gasteiger partial charge < -0.3 is 9.88 Å². The lowest BCUT2D eigenvalue weighted by Gasteiger charge is -2.23. The topological polar surface area (TPSA) is 46.9 Å². The Kier molecular flexibility index (Phi) is 4.49. The molecule has 0 saturated heterocycles. The summed E-state index contributed by atoms with van der Waals surface area (Å²) < 4.78 is 2.03. The minimum atomic E-state index is 0.0189. The Balaban J connectivity index is 1.78. The van der Waals surface area contributed by atoms with Crippen LogP contribution >= 0.6 is 0 Å². The van der Waals surface area contributed by atoms with Gasteiger partial charge in [0.25, 0.3) is 5.91 Å². The van der Waals surface area contributed by atoms with Gasteiger partial charge in [0, 0.05) is 24.7 Å². The van der Waals surface area contributed by atoms with E-state index in [9.17, 15) is 4.79 Å². The summed E-state index contributed by atoms with van der Waals surface area (Å²) in [6.07, 6.45) is 7.85. The number of hydrogen-bond acceptors (Lipinski definition) is 2. The maximum absolute atomic E-state index is 13.1. The minimum absolute atomic E-state index is 0.0189. The Labute approximate surface area is 154 Å². The van der Waals surface area contributed by atoms with Gasteiger partial charge >= 0.3 is 0 Å². The highest BCUT2D eigenvalue weighted by atomic mass is 16.1. The van der Waals surface area contributed by atoms with Crippen LogP contribution in [0.4, 0.5) is 0 Å². The Bertz CT molecular complexity index is 951. The zero-order chi connectivity index (χ0) is 18.1. The van der Waals surface area contributed by atoms with E-state index in [-0.39, 0.29) is 5.91 Å². The molecule has 4 nitrogen and oxygen atoms in total. The third-order valence-corrected chi connectivity index (χ3v) is 5.36. The summed E-state index contributed by atoms with van der Waals surface area (Å²) in [5.74, 6) is 0.0189. The average Bonchev–Trinajstić information content (AvgIpc) is 3.07. The van der Waals surface area contributed by atoms with Gasteiger partial charge in [-0.2, -0.15) is 0 Å². The number of hydrogen-bond donors (Lipinski definition) is 1. The molecule has 1 N–H and O–H groups in total. The van der Waals surface area contributed by atoms with Crippen LogP contribution in [0.1, 0.15) is 48.0 Å². The fraction of sp³-hybridized carbons (Fsp3) is 0.364. The Morgan fingerprint density at radius 3 is 2.69 bits per heavy atom. The van der Waals surface area contributed by atoms with E-state index in [0.29, 0.717) is 6.04 Å². The normalized spacial score (nSPS) is 15.3. The van der Waals surface area contributed by atoms with Crippen LogP contribution in [0.5, 0.6) is 0 Å². The van der Waals surface area contributed by atoms with Crippen LogP contribution in [0.3, 0.4) is 0 Å². The number of pyridine rings is 1. The molecule has 1 saturated carbocycles. The number of aryl methyl sites for hydroxylation is 2. The standard InChI is InChI=1S/C22H25N3O/c1-15-10-11-19-17(13-15)18(22(26)23-16-7-4-3-5-8-16)14-20(24-19)21-9-6-12-25(21)2/h6,9-14,16H,3-5,7-8H2,1-2H3,(H,23,26). The first-order chi connectivity index (χ1) is 12.6. The van der Waals surface area contributed by atoms with Crippen molar-refractivity contribution in [2.75, 3.05) is 0 Å². The van der Waals surface area contributed by atoms with Crippen molar-refractivity contribution in [2.24, 2.45) is 7.05 Å². The van der Waals surface area contributed by atoms with Crippen LogP contribution in [0.25, 0.3) is 22.3 Å². The first-order valence-corrected chi connectivity index (χ1v) is 9.46. The van der Waals surface area contributed by atoms with E-state index in [0.717, 1.165) is 46.3 Å². The molecule has 2 aromatic heterocycles. The molecule has 1 fully saturated rings. The van der Waals surface area contributed by atoms with Gasteiger partial charge in [-0.3, -0.25) is 4.79 Å². The molecule has 1 aliphatic rings. The maximum atomic E-state index is 13.1. The summed E-state index contributed by atoms with van der Waals surface area (Å²) in [6, 6.07) is 12.4. The van der Waals surface area contributed by atoms with Crippen molar-refractivity contribution in [3.8, 4) is 11.4 Å². The van der Waals surface area contributed by atoms with E-state index in [1.165, 1.54) is 19.3 Å². The van der Waals surface area contributed by atoms with Gasteiger partial charge in [0.15, 0.2) is 0 Å². The van der Waals surface area contributed by atoms with Crippen molar-refractivity contribution >= 4 is 16.8 Å². The molecule has 4 rings (SSSR count). The zero-order valence-corrected chi connectivity index (χ0v) is 15.5. The highest BCUT2D eigenvalue weighted by Gasteiger charge is 2.20. The number of fused-ring (bicyclic) bond motifs is 1. The van der Waals surface area contributed by atoms with E-state index in [4.69, 9.17) is 4.98 Å². The van der Waals surface area contributed by atoms with Crippen LogP contribution in [-0.2, 0) is 7.05 Å². The van der Waals surface area contributed by atoms with Crippen LogP contribution in [-0.4, -0.2) is 21.5 Å². The molecule has 1 amide bonds. The van der Waals surface area contributed by atoms with Crippen LogP contribution < -0.4 is 5.32 Å². The lowest BCUT2D eigenvalue weighted by molar-refractivity contribution is 0.0929. The van der Waals surface area contributed by atoms with Crippen molar-refractivity contribution in [3.05, 3.63) is 53.7 Å². The van der Waals surface area contributed by atoms with E-state index in [1.54, 1.807) is 0 Å². The number of carbonyl (C=O) groups is 1. The van der Waals surface area contributed by atoms with E-state index < -0.39 is 0 Å². The molecule has 0 unspecified atom stereocenters. The first-order valence-electron chi connectivity index (χ1n) is 9.46. The largest absolute Gasteiger partial charge is 0.349 e. The minimum Gasteiger partial charge on any atom is -0.349 e. The van der Waals surface area contributed by atoms with Gasteiger partial charge in [-0.25, -0.2) is 4.98 Å². The molecule has 26 heavy (non-hydrogen) atoms. The molecule has 0 spiro atoms. The molecule has 0 bridgehead atoms. The van der Waals surface area contributed by atoms with Gasteiger partial charge in [0.05, 0.1) is 22.5 Å². The Morgan fingerprint density at radius 2 is 1.96 bits per heavy atom. The summed E-state index contributed by atoms with van der Waals surface area (Å²) in [6.45, 7) is 2.05. The van der Waals surface area contributed by atoms with Crippen LogP contribution in [0, 0.1) is 6.92 Å². The molecule has 2 heterocycles. The van der Waals surface area contributed by atoms with Crippen LogP contribution in [0.2, 0.25) is 0 Å². The molecular weight excluding hydrogens is 322 g/mol. The average molecular weight is 347 g/mol. The van der Waals surface area contributed by atoms with Crippen molar-refractivity contribution in [1.29, 1.82) is 0 Å². The Hall–Kier alpha value is -2.62. The number of nitrogens with zero attached hydrogens (tertiary/aromatic N) is 2. The highest BCUT2D eigenvalue weighted by molar-refractivity contribution is 6.07. The van der Waals surface area contributed by atoms with Gasteiger partial charge in [-0.15, -0.1) is 0 Å². The summed E-state index contributed by atoms with van der Waals surface area (Å²) in [5.41, 5.74) is 4.57. The molecule has 4 heteroatoms. The number of rotatable bonds is 3. The summed E-state index contributed by atoms with van der Waals surface area (Å²) in [4.78, 5) is 17.9. The van der Waals surface area contributed by atoms with Gasteiger partial charge in [0.2, 0.25) is 0 Å². The van der Waals surface area contributed by atoms with Crippen molar-refractivity contribution < 1.29 is 4.79 Å². The number of benzene rings is 1. The first kappa shape index (κ1) is 16.8. The predicted octanol–water partition coefficient (Wildman–Crippen LogP) is 4.61. The predicted molar refractivity (Wildman–Crippen MR) is 105 cm³/mol. The number of amides is 1. The number of carbonyl (C=O) groups excluding carboxylic acids is 1. The summed E-state index contributed by atoms with van der Waals surface area (Å²) in [5, 5.41) is 4.19. The summed E-state index contributed by atoms with van der Waals surface area (Å²) >= 11 is 0. The molecule has 0 radical (unpaired) electrons. The highest BCUT2D eigenvalue weighted by Crippen LogP contribution is 2.26. The van der Waals surface area contributed by atoms with E-state index >= 15 is 0 Å². The number of nitrogens with one attached hydrogen (secondary N) is 1. The second-order valence-electron chi connectivity index (χ2n) is 7.39. The molecule has 0 atom stereocenters. The van der Waals surface area contributed by atoms with Gasteiger partial charge in [-0.1, -0.05) is 30.9 Å². The zero-order valence-electron chi connectivity index (χ0n) is 15.5. The lowest BCUT2D eigenvalue weighted by atomic mass is 9.95. The van der Waals surface area contributed by atoms with Crippen molar-refractivity contribution in [1.82, 2.24) is 14.9 Å². The lowest BCUT2D eigenvalue weighted by Crippen LogP contribution is -2.36. The molecular formula is C22H25N3O. The fourth-order valence-corrected chi connectivity index (χ4v) is 3.90. The van der Waals surface area contributed by atoms with Gasteiger partial charge in [-0.05, 0) is 50.1 Å². The second kappa shape index (κ2) is 6.94. The fourth-order valence-electron chi connectivity index (χ4n) is 3.90. The molecule has 3 aromatic rings. The molecule has 0 aliphatic heterocycles. The van der Waals surface area contributed by atoms with E-state index in [2.05, 4.69) is 11.4 Å². The van der Waals surface area contributed by atoms with Crippen molar-refractivity contribution in [2.45, 2.75) is 45.1 Å². The third-order valence-electron chi connectivity index (χ3n) is 5.36. The monoisotopic (exact) mass is 347 g/mol. The molecule has 1 aromatic carbocycles. The molecule has 1 aliphatic carbocycles. The molecule has 134 valence electrons. The SMILES string of the molecule is Cc1ccc2nc(-c3cccn3C)cc(C(=O)NC3CCCCC3)c2c1.